The van der Waals surface area contributed by atoms with Crippen LogP contribution in [0.5, 0.6) is 0 Å². The number of carbonyl (C=O) groups excluding carboxylic acids is 4. The number of aliphatic hydroxyl groups is 1. The zero-order chi connectivity index (χ0) is 68.6. The van der Waals surface area contributed by atoms with E-state index < -0.39 is 97.5 Å². The van der Waals surface area contributed by atoms with E-state index in [1.54, 1.807) is 0 Å². The minimum Gasteiger partial charge on any atom is -0.462 e. The van der Waals surface area contributed by atoms with Gasteiger partial charge in [0, 0.05) is 25.7 Å². The zero-order valence-corrected chi connectivity index (χ0v) is 62.3. The minimum absolute atomic E-state index is 0.106. The lowest BCUT2D eigenvalue weighted by molar-refractivity contribution is -0.161. The van der Waals surface area contributed by atoms with Crippen LogP contribution in [0.1, 0.15) is 382 Å². The third-order valence-corrected chi connectivity index (χ3v) is 19.1. The fourth-order valence-electron chi connectivity index (χ4n) is 11.3. The number of hydrogen-bond acceptors (Lipinski definition) is 15. The van der Waals surface area contributed by atoms with Crippen LogP contribution in [-0.4, -0.2) is 96.7 Å². The molecule has 0 aromatic rings. The van der Waals surface area contributed by atoms with Crippen molar-refractivity contribution in [2.24, 2.45) is 11.8 Å². The van der Waals surface area contributed by atoms with E-state index in [1.165, 1.54) is 193 Å². The second-order valence-corrected chi connectivity index (χ2v) is 30.5. The summed E-state index contributed by atoms with van der Waals surface area (Å²) in [4.78, 5) is 72.7. The molecule has 0 aliphatic rings. The lowest BCUT2D eigenvalue weighted by Gasteiger charge is -2.21. The first kappa shape index (κ1) is 91.1. The first-order valence-electron chi connectivity index (χ1n) is 38.5. The monoisotopic (exact) mass is 1370 g/mol. The van der Waals surface area contributed by atoms with E-state index in [0.717, 1.165) is 102 Å². The smallest absolute Gasteiger partial charge is 0.462 e. The van der Waals surface area contributed by atoms with Gasteiger partial charge in [-0.15, -0.1) is 0 Å². The van der Waals surface area contributed by atoms with Crippen LogP contribution in [-0.2, 0) is 65.4 Å². The second kappa shape index (κ2) is 66.0. The normalized spacial score (nSPS) is 14.1. The van der Waals surface area contributed by atoms with E-state index in [4.69, 9.17) is 37.0 Å². The summed E-state index contributed by atoms with van der Waals surface area (Å²) < 4.78 is 68.4. The summed E-state index contributed by atoms with van der Waals surface area (Å²) in [5.74, 6) is -0.644. The molecule has 19 heteroatoms. The summed E-state index contributed by atoms with van der Waals surface area (Å²) in [6.07, 6.45) is 52.8. The van der Waals surface area contributed by atoms with Gasteiger partial charge in [0.15, 0.2) is 12.2 Å². The third-order valence-electron chi connectivity index (χ3n) is 17.2. The largest absolute Gasteiger partial charge is 0.472 e. The number of ether oxygens (including phenoxy) is 4. The lowest BCUT2D eigenvalue weighted by atomic mass is 10.0. The Kier molecular flexibility index (Phi) is 64.6. The summed E-state index contributed by atoms with van der Waals surface area (Å²) in [5, 5.41) is 10.6. The van der Waals surface area contributed by atoms with E-state index in [-0.39, 0.29) is 25.7 Å². The van der Waals surface area contributed by atoms with E-state index in [9.17, 15) is 43.2 Å². The number of rotatable bonds is 73. The molecule has 93 heavy (non-hydrogen) atoms. The molecule has 0 radical (unpaired) electrons. The van der Waals surface area contributed by atoms with Gasteiger partial charge in [-0.2, -0.15) is 0 Å². The molecule has 17 nitrogen and oxygen atoms in total. The standard InChI is InChI=1S/C74H144O17P2/c1-7-9-11-13-15-17-19-21-22-26-30-33-37-44-50-56-71(76)84-62-69(90-74(79)59-53-47-39-35-31-27-24-23-25-28-32-36-42-48-54-66(3)4)64-88-92(80,81)86-60-68(75)61-87-93(82,83)89-65-70(63-85-72(77)57-51-45-41-40-43-49-55-67(5)6)91-73(78)58-52-46-38-34-29-20-18-16-14-12-10-8-2/h66-70,75H,7-65H2,1-6H3,(H,80,81)(H,82,83)/t68-,69-,70-/m1/s1. The highest BCUT2D eigenvalue weighted by Gasteiger charge is 2.30. The van der Waals surface area contributed by atoms with Crippen LogP contribution in [0.2, 0.25) is 0 Å². The molecule has 2 unspecified atom stereocenters. The van der Waals surface area contributed by atoms with Crippen molar-refractivity contribution in [1.82, 2.24) is 0 Å². The Labute approximate surface area is 568 Å². The highest BCUT2D eigenvalue weighted by Crippen LogP contribution is 2.45. The van der Waals surface area contributed by atoms with Gasteiger partial charge in [0.2, 0.25) is 0 Å². The van der Waals surface area contributed by atoms with Crippen LogP contribution in [0.3, 0.4) is 0 Å². The van der Waals surface area contributed by atoms with Gasteiger partial charge in [0.05, 0.1) is 26.4 Å². The number of hydrogen-bond donors (Lipinski definition) is 3. The molecule has 5 atom stereocenters. The van der Waals surface area contributed by atoms with Gasteiger partial charge < -0.3 is 33.8 Å². The van der Waals surface area contributed by atoms with Crippen molar-refractivity contribution in [1.29, 1.82) is 0 Å². The number of carbonyl (C=O) groups is 4. The molecule has 0 aliphatic carbocycles. The Morgan fingerprint density at radius 1 is 0.290 bits per heavy atom. The van der Waals surface area contributed by atoms with Crippen LogP contribution in [0.15, 0.2) is 0 Å². The van der Waals surface area contributed by atoms with Crippen LogP contribution in [0.4, 0.5) is 0 Å². The van der Waals surface area contributed by atoms with E-state index >= 15 is 0 Å². The van der Waals surface area contributed by atoms with Gasteiger partial charge in [-0.1, -0.05) is 330 Å². The Balaban J connectivity index is 5.23. The maximum atomic E-state index is 13.1. The number of phosphoric acid groups is 2. The molecule has 0 spiro atoms. The third kappa shape index (κ3) is 68.4. The van der Waals surface area contributed by atoms with E-state index in [0.29, 0.717) is 31.6 Å². The maximum absolute atomic E-state index is 13.1. The van der Waals surface area contributed by atoms with Crippen LogP contribution in [0, 0.1) is 11.8 Å². The summed E-state index contributed by atoms with van der Waals surface area (Å²) in [6, 6.07) is 0. The average Bonchev–Trinajstić information content (AvgIpc) is 1.59. The minimum atomic E-state index is -4.96. The van der Waals surface area contributed by atoms with Gasteiger partial charge in [-0.3, -0.25) is 37.3 Å². The Morgan fingerprint density at radius 3 is 0.731 bits per heavy atom. The fourth-order valence-corrected chi connectivity index (χ4v) is 12.9. The lowest BCUT2D eigenvalue weighted by Crippen LogP contribution is -2.30. The Hall–Kier alpha value is -1.94. The molecule has 0 heterocycles. The molecular formula is C74H144O17P2. The van der Waals surface area contributed by atoms with Gasteiger partial charge in [0.1, 0.15) is 19.3 Å². The molecule has 0 rings (SSSR count). The second-order valence-electron chi connectivity index (χ2n) is 27.6. The predicted octanol–water partition coefficient (Wildman–Crippen LogP) is 21.6. The number of aliphatic hydroxyl groups excluding tert-OH is 1. The predicted molar refractivity (Wildman–Crippen MR) is 377 cm³/mol. The first-order chi connectivity index (χ1) is 44.9. The average molecular weight is 1370 g/mol. The molecular weight excluding hydrogens is 1220 g/mol. The Bertz CT molecular complexity index is 1800. The molecule has 0 amide bonds. The Morgan fingerprint density at radius 2 is 0.495 bits per heavy atom. The van der Waals surface area contributed by atoms with Gasteiger partial charge in [-0.05, 0) is 37.5 Å². The maximum Gasteiger partial charge on any atom is 0.472 e. The van der Waals surface area contributed by atoms with Gasteiger partial charge in [-0.25, -0.2) is 9.13 Å². The molecule has 0 fully saturated rings. The quantitative estimate of drug-likeness (QED) is 0.0222. The van der Waals surface area contributed by atoms with Crippen molar-refractivity contribution in [2.75, 3.05) is 39.6 Å². The van der Waals surface area contributed by atoms with Crippen LogP contribution < -0.4 is 0 Å². The molecule has 0 aliphatic heterocycles. The summed E-state index contributed by atoms with van der Waals surface area (Å²) in [5.41, 5.74) is 0. The number of phosphoric ester groups is 2. The highest BCUT2D eigenvalue weighted by molar-refractivity contribution is 7.47. The van der Waals surface area contributed by atoms with Crippen molar-refractivity contribution >= 4 is 39.5 Å². The highest BCUT2D eigenvalue weighted by atomic mass is 31.2. The van der Waals surface area contributed by atoms with Crippen molar-refractivity contribution in [3.8, 4) is 0 Å². The van der Waals surface area contributed by atoms with Gasteiger partial charge >= 0.3 is 39.5 Å². The molecule has 0 saturated carbocycles. The topological polar surface area (TPSA) is 237 Å². The molecule has 3 N–H and O–H groups in total. The zero-order valence-electron chi connectivity index (χ0n) is 60.6. The molecule has 0 aromatic heterocycles. The van der Waals surface area contributed by atoms with E-state index in [1.807, 2.05) is 0 Å². The molecule has 0 aromatic carbocycles. The molecule has 0 bridgehead atoms. The summed E-state index contributed by atoms with van der Waals surface area (Å²) >= 11 is 0. The van der Waals surface area contributed by atoms with Crippen molar-refractivity contribution < 1.29 is 80.2 Å². The van der Waals surface area contributed by atoms with E-state index in [2.05, 4.69) is 41.5 Å². The first-order valence-corrected chi connectivity index (χ1v) is 41.5. The molecule has 552 valence electrons. The van der Waals surface area contributed by atoms with Crippen LogP contribution >= 0.6 is 15.6 Å². The van der Waals surface area contributed by atoms with Gasteiger partial charge in [0.25, 0.3) is 0 Å². The molecule has 0 saturated heterocycles. The summed E-state index contributed by atoms with van der Waals surface area (Å²) in [7, 11) is -9.91. The van der Waals surface area contributed by atoms with Crippen molar-refractivity contribution in [2.45, 2.75) is 400 Å². The number of unbranched alkanes of at least 4 members (excludes halogenated alkanes) is 43. The SMILES string of the molecule is CCCCCCCCCCCCCCCCCC(=O)OC[C@H](COP(=O)(O)OC[C@@H](O)COP(=O)(O)OC[C@@H](COC(=O)CCCCCCCCC(C)C)OC(=O)CCCCCCCCCCCCCC)OC(=O)CCCCCCCCCCCCCCCCC(C)C. The van der Waals surface area contributed by atoms with Crippen molar-refractivity contribution in [3.63, 3.8) is 0 Å². The number of esters is 4. The fraction of sp³-hybridized carbons (Fsp3) is 0.946. The van der Waals surface area contributed by atoms with Crippen molar-refractivity contribution in [3.05, 3.63) is 0 Å². The van der Waals surface area contributed by atoms with Crippen LogP contribution in [0.25, 0.3) is 0 Å². The summed E-state index contributed by atoms with van der Waals surface area (Å²) in [6.45, 7) is 9.52.